The van der Waals surface area contributed by atoms with Gasteiger partial charge in [-0.25, -0.2) is 0 Å². The van der Waals surface area contributed by atoms with Crippen LogP contribution in [0.5, 0.6) is 11.5 Å². The van der Waals surface area contributed by atoms with Gasteiger partial charge in [0, 0.05) is 16.3 Å². The smallest absolute Gasteiger partial charge is 0.143 e. The molecule has 0 N–H and O–H groups in total. The molecule has 1 aliphatic rings. The molecule has 39 heavy (non-hydrogen) atoms. The standard InChI is InChI=1S/C38H22O/c1-3-8-29-23(6-1)12-14-27-20-25-13-15-26(21-28(25)22-35(27)29)30-18-19-36-37-32(30)10-5-11-33(37)34-17-16-24-7-2-4-9-31(24)38(34)39-36/h1-22H. The van der Waals surface area contributed by atoms with E-state index in [0.717, 1.165) is 22.4 Å². The zero-order chi connectivity index (χ0) is 25.5. The highest BCUT2D eigenvalue weighted by molar-refractivity contribution is 6.14. The lowest BCUT2D eigenvalue weighted by Gasteiger charge is -2.24. The average Bonchev–Trinajstić information content (AvgIpc) is 3.00. The van der Waals surface area contributed by atoms with E-state index < -0.39 is 0 Å². The van der Waals surface area contributed by atoms with Crippen LogP contribution in [-0.4, -0.2) is 0 Å². The minimum atomic E-state index is 0.923. The van der Waals surface area contributed by atoms with E-state index in [-0.39, 0.29) is 0 Å². The zero-order valence-corrected chi connectivity index (χ0v) is 21.1. The topological polar surface area (TPSA) is 9.23 Å². The maximum atomic E-state index is 6.61. The minimum Gasteiger partial charge on any atom is -0.455 e. The quantitative estimate of drug-likeness (QED) is 0.163. The number of rotatable bonds is 1. The van der Waals surface area contributed by atoms with Crippen molar-refractivity contribution >= 4 is 53.9 Å². The molecule has 0 bridgehead atoms. The Morgan fingerprint density at radius 3 is 2.00 bits per heavy atom. The van der Waals surface area contributed by atoms with Gasteiger partial charge >= 0.3 is 0 Å². The second-order valence-corrected chi connectivity index (χ2v) is 10.5. The summed E-state index contributed by atoms with van der Waals surface area (Å²) < 4.78 is 6.61. The van der Waals surface area contributed by atoms with Crippen LogP contribution in [-0.2, 0) is 0 Å². The Hall–Kier alpha value is -5.14. The molecule has 1 heterocycles. The fraction of sp³-hybridized carbons (Fsp3) is 0. The van der Waals surface area contributed by atoms with E-state index in [1.165, 1.54) is 65.2 Å². The van der Waals surface area contributed by atoms with Crippen LogP contribution in [0.3, 0.4) is 0 Å². The maximum Gasteiger partial charge on any atom is 0.143 e. The number of hydrogen-bond donors (Lipinski definition) is 0. The first-order chi connectivity index (χ1) is 19.3. The molecule has 1 heteroatoms. The van der Waals surface area contributed by atoms with Crippen LogP contribution in [0.4, 0.5) is 0 Å². The fourth-order valence-corrected chi connectivity index (χ4v) is 6.53. The molecular formula is C38H22O. The Labute approximate surface area is 225 Å². The van der Waals surface area contributed by atoms with Gasteiger partial charge in [-0.2, -0.15) is 0 Å². The van der Waals surface area contributed by atoms with Crippen LogP contribution in [0, 0.1) is 0 Å². The van der Waals surface area contributed by atoms with E-state index in [4.69, 9.17) is 4.74 Å². The first-order valence-electron chi connectivity index (χ1n) is 13.4. The van der Waals surface area contributed by atoms with Gasteiger partial charge in [0.2, 0.25) is 0 Å². The van der Waals surface area contributed by atoms with Crippen LogP contribution in [0.25, 0.3) is 76.1 Å². The summed E-state index contributed by atoms with van der Waals surface area (Å²) in [5.41, 5.74) is 4.83. The number of ether oxygens (including phenoxy) is 1. The van der Waals surface area contributed by atoms with E-state index in [0.29, 0.717) is 0 Å². The molecule has 0 aromatic heterocycles. The second kappa shape index (κ2) is 7.69. The van der Waals surface area contributed by atoms with Gasteiger partial charge in [-0.15, -0.1) is 0 Å². The van der Waals surface area contributed by atoms with Crippen molar-refractivity contribution in [1.29, 1.82) is 0 Å². The van der Waals surface area contributed by atoms with Gasteiger partial charge in [-0.05, 0) is 90.1 Å². The summed E-state index contributed by atoms with van der Waals surface area (Å²) in [6.45, 7) is 0. The summed E-state index contributed by atoms with van der Waals surface area (Å²) in [6, 6.07) is 48.4. The van der Waals surface area contributed by atoms with Crippen LogP contribution in [0.2, 0.25) is 0 Å². The molecule has 0 saturated carbocycles. The van der Waals surface area contributed by atoms with Crippen molar-refractivity contribution in [3.8, 4) is 33.8 Å². The molecule has 0 atom stereocenters. The Kier molecular flexibility index (Phi) is 4.11. The van der Waals surface area contributed by atoms with Crippen molar-refractivity contribution in [2.24, 2.45) is 0 Å². The Morgan fingerprint density at radius 1 is 0.359 bits per heavy atom. The Morgan fingerprint density at radius 2 is 1.08 bits per heavy atom. The van der Waals surface area contributed by atoms with Gasteiger partial charge in [-0.3, -0.25) is 0 Å². The number of benzene rings is 8. The van der Waals surface area contributed by atoms with E-state index in [1.807, 2.05) is 0 Å². The molecular weight excluding hydrogens is 472 g/mol. The lowest BCUT2D eigenvalue weighted by molar-refractivity contribution is 0.493. The molecule has 8 aromatic rings. The Bertz CT molecular complexity index is 2310. The van der Waals surface area contributed by atoms with E-state index in [1.54, 1.807) is 0 Å². The van der Waals surface area contributed by atoms with Crippen molar-refractivity contribution in [2.45, 2.75) is 0 Å². The predicted molar refractivity (Wildman–Crippen MR) is 165 cm³/mol. The molecule has 0 fully saturated rings. The molecule has 1 aliphatic heterocycles. The molecule has 0 radical (unpaired) electrons. The van der Waals surface area contributed by atoms with Crippen molar-refractivity contribution in [3.05, 3.63) is 133 Å². The molecule has 180 valence electrons. The largest absolute Gasteiger partial charge is 0.455 e. The summed E-state index contributed by atoms with van der Waals surface area (Å²) >= 11 is 0. The number of hydrogen-bond acceptors (Lipinski definition) is 1. The lowest BCUT2D eigenvalue weighted by atomic mass is 9.89. The molecule has 0 unspecified atom stereocenters. The highest BCUT2D eigenvalue weighted by atomic mass is 16.5. The second-order valence-electron chi connectivity index (χ2n) is 10.5. The van der Waals surface area contributed by atoms with Gasteiger partial charge in [-0.1, -0.05) is 103 Å². The molecule has 1 nitrogen and oxygen atoms in total. The number of fused-ring (bicyclic) bond motifs is 8. The molecule has 9 rings (SSSR count). The predicted octanol–water partition coefficient (Wildman–Crippen LogP) is 10.9. The highest BCUT2D eigenvalue weighted by Crippen LogP contribution is 2.50. The minimum absolute atomic E-state index is 0.923. The average molecular weight is 495 g/mol. The maximum absolute atomic E-state index is 6.61. The normalized spacial score (nSPS) is 12.3. The van der Waals surface area contributed by atoms with E-state index in [2.05, 4.69) is 133 Å². The first kappa shape index (κ1) is 20.9. The fourth-order valence-electron chi connectivity index (χ4n) is 6.53. The third-order valence-corrected chi connectivity index (χ3v) is 8.40. The van der Waals surface area contributed by atoms with Crippen molar-refractivity contribution < 1.29 is 4.74 Å². The van der Waals surface area contributed by atoms with Crippen molar-refractivity contribution in [1.82, 2.24) is 0 Å². The van der Waals surface area contributed by atoms with Crippen LogP contribution < -0.4 is 4.74 Å². The lowest BCUT2D eigenvalue weighted by Crippen LogP contribution is -1.98. The SMILES string of the molecule is c1ccc2c3c(ccc2c1)-c1cccc2c(-c4ccc5cc6ccc7ccccc7c6cc5c4)ccc(c12)O3. The van der Waals surface area contributed by atoms with Crippen LogP contribution >= 0.6 is 0 Å². The third kappa shape index (κ3) is 2.96. The van der Waals surface area contributed by atoms with Gasteiger partial charge < -0.3 is 4.74 Å². The van der Waals surface area contributed by atoms with Crippen molar-refractivity contribution in [3.63, 3.8) is 0 Å². The summed E-state index contributed by atoms with van der Waals surface area (Å²) in [5, 5.41) is 12.4. The third-order valence-electron chi connectivity index (χ3n) is 8.40. The molecule has 0 spiro atoms. The first-order valence-corrected chi connectivity index (χ1v) is 13.4. The summed E-state index contributed by atoms with van der Waals surface area (Å²) in [5.74, 6) is 1.87. The van der Waals surface area contributed by atoms with E-state index >= 15 is 0 Å². The molecule has 8 aromatic carbocycles. The van der Waals surface area contributed by atoms with Gasteiger partial charge in [0.05, 0.1) is 0 Å². The van der Waals surface area contributed by atoms with Gasteiger partial charge in [0.15, 0.2) is 0 Å². The summed E-state index contributed by atoms with van der Waals surface area (Å²) in [7, 11) is 0. The molecule has 0 saturated heterocycles. The van der Waals surface area contributed by atoms with Crippen LogP contribution in [0.15, 0.2) is 133 Å². The van der Waals surface area contributed by atoms with E-state index in [9.17, 15) is 0 Å². The summed E-state index contributed by atoms with van der Waals surface area (Å²) in [6.07, 6.45) is 0. The Balaban J connectivity index is 1.27. The van der Waals surface area contributed by atoms with Gasteiger partial charge in [0.25, 0.3) is 0 Å². The summed E-state index contributed by atoms with van der Waals surface area (Å²) in [4.78, 5) is 0. The molecule has 0 aliphatic carbocycles. The van der Waals surface area contributed by atoms with Gasteiger partial charge in [0.1, 0.15) is 11.5 Å². The van der Waals surface area contributed by atoms with Crippen molar-refractivity contribution in [2.75, 3.05) is 0 Å². The zero-order valence-electron chi connectivity index (χ0n) is 21.1. The monoisotopic (exact) mass is 494 g/mol. The highest BCUT2D eigenvalue weighted by Gasteiger charge is 2.23. The van der Waals surface area contributed by atoms with Crippen LogP contribution in [0.1, 0.15) is 0 Å². The molecule has 0 amide bonds.